The standard InChI is InChI=1S/C24H33N3O4/c1-18(2)17-31-24(29)27-11-9-26(10-12-27)16-23(28)25(3)15-19-5-6-21-14-22(30-4)8-7-20(21)13-19/h5-8,13-14,18H,9-12,15-17H2,1-4H3. The second-order valence-electron chi connectivity index (χ2n) is 8.53. The summed E-state index contributed by atoms with van der Waals surface area (Å²) in [6.45, 7) is 7.90. The number of methoxy groups -OCH3 is 1. The van der Waals surface area contributed by atoms with E-state index in [-0.39, 0.29) is 12.0 Å². The first-order valence-corrected chi connectivity index (χ1v) is 10.8. The lowest BCUT2D eigenvalue weighted by Gasteiger charge is -2.34. The maximum atomic E-state index is 12.7. The third kappa shape index (κ3) is 6.34. The largest absolute Gasteiger partial charge is 0.497 e. The van der Waals surface area contributed by atoms with Gasteiger partial charge in [-0.15, -0.1) is 0 Å². The van der Waals surface area contributed by atoms with Crippen molar-refractivity contribution in [3.63, 3.8) is 0 Å². The zero-order valence-electron chi connectivity index (χ0n) is 19.0. The van der Waals surface area contributed by atoms with E-state index in [1.165, 1.54) is 0 Å². The smallest absolute Gasteiger partial charge is 0.409 e. The van der Waals surface area contributed by atoms with Crippen LogP contribution in [0.5, 0.6) is 5.75 Å². The normalized spacial score (nSPS) is 14.7. The molecule has 1 fully saturated rings. The number of nitrogens with zero attached hydrogens (tertiary/aromatic N) is 3. The van der Waals surface area contributed by atoms with E-state index in [1.54, 1.807) is 16.9 Å². The average Bonchev–Trinajstić information content (AvgIpc) is 2.77. The number of piperazine rings is 1. The van der Waals surface area contributed by atoms with Crippen LogP contribution in [0, 0.1) is 5.92 Å². The highest BCUT2D eigenvalue weighted by Gasteiger charge is 2.24. The lowest BCUT2D eigenvalue weighted by molar-refractivity contribution is -0.132. The quantitative estimate of drug-likeness (QED) is 0.679. The van der Waals surface area contributed by atoms with Gasteiger partial charge in [0.05, 0.1) is 20.3 Å². The van der Waals surface area contributed by atoms with Gasteiger partial charge in [0.1, 0.15) is 5.75 Å². The molecule has 0 bridgehead atoms. The second-order valence-corrected chi connectivity index (χ2v) is 8.53. The van der Waals surface area contributed by atoms with E-state index in [9.17, 15) is 9.59 Å². The van der Waals surface area contributed by atoms with Crippen molar-refractivity contribution in [3.8, 4) is 5.75 Å². The van der Waals surface area contributed by atoms with Gasteiger partial charge in [0.15, 0.2) is 0 Å². The maximum Gasteiger partial charge on any atom is 0.409 e. The SMILES string of the molecule is COc1ccc2cc(CN(C)C(=O)CN3CCN(C(=O)OCC(C)C)CC3)ccc2c1. The van der Waals surface area contributed by atoms with Gasteiger partial charge in [-0.05, 0) is 40.5 Å². The van der Waals surface area contributed by atoms with Crippen LogP contribution >= 0.6 is 0 Å². The van der Waals surface area contributed by atoms with Gasteiger partial charge < -0.3 is 19.3 Å². The van der Waals surface area contributed by atoms with E-state index in [2.05, 4.69) is 17.0 Å². The van der Waals surface area contributed by atoms with Crippen LogP contribution in [0.3, 0.4) is 0 Å². The van der Waals surface area contributed by atoms with Crippen molar-refractivity contribution < 1.29 is 19.1 Å². The zero-order valence-corrected chi connectivity index (χ0v) is 19.0. The molecule has 0 radical (unpaired) electrons. The first-order valence-electron chi connectivity index (χ1n) is 10.8. The number of hydrogen-bond acceptors (Lipinski definition) is 5. The summed E-state index contributed by atoms with van der Waals surface area (Å²) in [4.78, 5) is 30.4. The molecule has 1 saturated heterocycles. The Morgan fingerprint density at radius 1 is 1.03 bits per heavy atom. The monoisotopic (exact) mass is 427 g/mol. The van der Waals surface area contributed by atoms with Crippen molar-refractivity contribution in [2.24, 2.45) is 5.92 Å². The summed E-state index contributed by atoms with van der Waals surface area (Å²) in [5.41, 5.74) is 1.09. The fraction of sp³-hybridized carbons (Fsp3) is 0.500. The first-order chi connectivity index (χ1) is 14.9. The van der Waals surface area contributed by atoms with E-state index in [0.29, 0.717) is 51.8 Å². The number of rotatable bonds is 7. The van der Waals surface area contributed by atoms with Gasteiger partial charge in [-0.25, -0.2) is 4.79 Å². The summed E-state index contributed by atoms with van der Waals surface area (Å²) >= 11 is 0. The second kappa shape index (κ2) is 10.5. The van der Waals surface area contributed by atoms with Gasteiger partial charge in [0.25, 0.3) is 0 Å². The van der Waals surface area contributed by atoms with E-state index >= 15 is 0 Å². The average molecular weight is 428 g/mol. The van der Waals surface area contributed by atoms with Crippen molar-refractivity contribution >= 4 is 22.8 Å². The van der Waals surface area contributed by atoms with Crippen LogP contribution in [0.15, 0.2) is 36.4 Å². The summed E-state index contributed by atoms with van der Waals surface area (Å²) in [6, 6.07) is 12.2. The van der Waals surface area contributed by atoms with E-state index in [1.807, 2.05) is 45.2 Å². The van der Waals surface area contributed by atoms with Gasteiger partial charge in [0.2, 0.25) is 5.91 Å². The number of fused-ring (bicyclic) bond motifs is 1. The molecule has 0 atom stereocenters. The molecule has 0 unspecified atom stereocenters. The number of carbonyl (C=O) groups excluding carboxylic acids is 2. The Balaban J connectivity index is 1.48. The Kier molecular flexibility index (Phi) is 7.74. The molecule has 1 heterocycles. The fourth-order valence-corrected chi connectivity index (χ4v) is 3.59. The minimum Gasteiger partial charge on any atom is -0.497 e. The van der Waals surface area contributed by atoms with Gasteiger partial charge >= 0.3 is 6.09 Å². The first kappa shape index (κ1) is 22.9. The minimum atomic E-state index is -0.259. The van der Waals surface area contributed by atoms with Crippen molar-refractivity contribution in [2.45, 2.75) is 20.4 Å². The number of hydrogen-bond donors (Lipinski definition) is 0. The third-order valence-electron chi connectivity index (χ3n) is 5.49. The molecule has 0 saturated carbocycles. The van der Waals surface area contributed by atoms with Gasteiger partial charge in [-0.3, -0.25) is 9.69 Å². The van der Waals surface area contributed by atoms with Gasteiger partial charge in [-0.1, -0.05) is 32.0 Å². The molecule has 0 spiro atoms. The molecular formula is C24H33N3O4. The lowest BCUT2D eigenvalue weighted by Crippen LogP contribution is -2.51. The van der Waals surface area contributed by atoms with Crippen molar-refractivity contribution in [2.75, 3.05) is 53.5 Å². The van der Waals surface area contributed by atoms with Gasteiger partial charge in [-0.2, -0.15) is 0 Å². The molecule has 31 heavy (non-hydrogen) atoms. The van der Waals surface area contributed by atoms with Crippen LogP contribution in [-0.2, 0) is 16.1 Å². The molecule has 7 heteroatoms. The summed E-state index contributed by atoms with van der Waals surface area (Å²) < 4.78 is 10.6. The molecule has 0 N–H and O–H groups in total. The number of likely N-dealkylation sites (N-methyl/N-ethyl adjacent to an activating group) is 1. The Morgan fingerprint density at radius 3 is 2.39 bits per heavy atom. The summed E-state index contributed by atoms with van der Waals surface area (Å²) in [7, 11) is 3.49. The van der Waals surface area contributed by atoms with E-state index < -0.39 is 0 Å². The molecule has 2 aromatic rings. The van der Waals surface area contributed by atoms with Crippen LogP contribution in [0.2, 0.25) is 0 Å². The number of carbonyl (C=O) groups is 2. The Hall–Kier alpha value is -2.80. The van der Waals surface area contributed by atoms with Crippen molar-refractivity contribution in [1.82, 2.24) is 14.7 Å². The van der Waals surface area contributed by atoms with E-state index in [0.717, 1.165) is 22.1 Å². The fourth-order valence-electron chi connectivity index (χ4n) is 3.59. The van der Waals surface area contributed by atoms with Crippen LogP contribution in [-0.4, -0.2) is 80.2 Å². The topological polar surface area (TPSA) is 62.3 Å². The molecule has 1 aliphatic rings. The molecule has 168 valence electrons. The molecule has 3 rings (SSSR count). The molecule has 0 aliphatic carbocycles. The predicted molar refractivity (Wildman–Crippen MR) is 121 cm³/mol. The highest BCUT2D eigenvalue weighted by molar-refractivity contribution is 5.84. The zero-order chi connectivity index (χ0) is 22.4. The highest BCUT2D eigenvalue weighted by Crippen LogP contribution is 2.22. The molecule has 0 aromatic heterocycles. The lowest BCUT2D eigenvalue weighted by atomic mass is 10.1. The summed E-state index contributed by atoms with van der Waals surface area (Å²) in [6.07, 6.45) is -0.259. The van der Waals surface area contributed by atoms with Crippen LogP contribution < -0.4 is 4.74 Å². The Labute approximate surface area is 184 Å². The van der Waals surface area contributed by atoms with E-state index in [4.69, 9.17) is 9.47 Å². The molecule has 2 amide bonds. The molecule has 7 nitrogen and oxygen atoms in total. The van der Waals surface area contributed by atoms with Crippen molar-refractivity contribution in [1.29, 1.82) is 0 Å². The molecule has 1 aliphatic heterocycles. The summed E-state index contributed by atoms with van der Waals surface area (Å²) in [5.74, 6) is 1.23. The third-order valence-corrected chi connectivity index (χ3v) is 5.49. The number of benzene rings is 2. The molecule has 2 aromatic carbocycles. The molecular weight excluding hydrogens is 394 g/mol. The van der Waals surface area contributed by atoms with Crippen LogP contribution in [0.4, 0.5) is 4.79 Å². The summed E-state index contributed by atoms with van der Waals surface area (Å²) in [5, 5.41) is 2.24. The Morgan fingerprint density at radius 2 is 1.71 bits per heavy atom. The minimum absolute atomic E-state index is 0.0747. The number of amides is 2. The Bertz CT molecular complexity index is 907. The van der Waals surface area contributed by atoms with Crippen LogP contribution in [0.25, 0.3) is 10.8 Å². The maximum absolute atomic E-state index is 12.7. The van der Waals surface area contributed by atoms with Crippen molar-refractivity contribution in [3.05, 3.63) is 42.0 Å². The predicted octanol–water partition coefficient (Wildman–Crippen LogP) is 3.22. The highest BCUT2D eigenvalue weighted by atomic mass is 16.6. The van der Waals surface area contributed by atoms with Gasteiger partial charge in [0, 0.05) is 39.8 Å². The van der Waals surface area contributed by atoms with Crippen LogP contribution in [0.1, 0.15) is 19.4 Å². The number of ether oxygens (including phenoxy) is 2.